The first-order chi connectivity index (χ1) is 11.0. The Morgan fingerprint density at radius 1 is 0.500 bits per heavy atom. The minimum absolute atomic E-state index is 0.645. The summed E-state index contributed by atoms with van der Waals surface area (Å²) >= 11 is 103. The van der Waals surface area contributed by atoms with Gasteiger partial charge < -0.3 is 0 Å². The predicted molar refractivity (Wildman–Crippen MR) is 160 cm³/mol. The summed E-state index contributed by atoms with van der Waals surface area (Å²) in [7, 11) is -1.87. The molecule has 0 N–H and O–H groups in total. The van der Waals surface area contributed by atoms with Gasteiger partial charge in [0.1, 0.15) is 7.14 Å². The molecule has 26 heteroatoms. The summed E-state index contributed by atoms with van der Waals surface area (Å²) in [6, 6.07) is 0. The van der Waals surface area contributed by atoms with Gasteiger partial charge in [-0.05, 0) is 9.76 Å². The maximum atomic E-state index is 6.66. The molecule has 0 heterocycles. The minimum Gasteiger partial charge on any atom is -0.177 e. The van der Waals surface area contributed by atoms with Gasteiger partial charge in [0.05, 0.1) is 0 Å². The van der Waals surface area contributed by atoms with Crippen LogP contribution in [0.2, 0.25) is 0 Å². The maximum Gasteiger partial charge on any atom is 0.358 e. The van der Waals surface area contributed by atoms with Crippen LogP contribution in [0, 0.1) is 0 Å². The standard InChI is InChI=1S/Cl16H6Si10/c1-19(18-17)21(5,6)23(9,10)25(13,14)26(15,16)24(11,12)22(7,8)20(2,3)4/h19H,18H2,17H3. The Balaban J connectivity index is 6.51. The van der Waals surface area contributed by atoms with Gasteiger partial charge in [0, 0.05) is 8.55 Å². The zero-order valence-corrected chi connectivity index (χ0v) is 35.5. The number of hydrogen-bond acceptors (Lipinski definition) is 0. The van der Waals surface area contributed by atoms with Gasteiger partial charge in [0.25, 0.3) is 28.6 Å². The third-order valence-electron chi connectivity index (χ3n) is 3.10. The summed E-state index contributed by atoms with van der Waals surface area (Å²) in [6.45, 7) is 0. The van der Waals surface area contributed by atoms with Crippen LogP contribution in [0.1, 0.15) is 0 Å². The van der Waals surface area contributed by atoms with Gasteiger partial charge in [-0.3, -0.25) is 0 Å². The van der Waals surface area contributed by atoms with Crippen LogP contribution < -0.4 is 0 Å². The van der Waals surface area contributed by atoms with Crippen LogP contribution in [-0.2, 0) is 0 Å². The average molecular weight is 854 g/mol. The summed E-state index contributed by atoms with van der Waals surface area (Å²) < 4.78 is 0. The van der Waals surface area contributed by atoms with Gasteiger partial charge in [-0.1, -0.05) is 0 Å². The van der Waals surface area contributed by atoms with Crippen molar-refractivity contribution in [2.45, 2.75) is 0 Å². The Bertz CT molecular complexity index is 500. The molecule has 0 saturated heterocycles. The van der Waals surface area contributed by atoms with E-state index in [1.54, 1.807) is 0 Å². The SMILES string of the molecule is [SiH3][SiH2][SiH](Cl)[Si](Cl)(Cl)[Si](Cl)(Cl)[Si](Cl)(Cl)[Si](Cl)(Cl)[Si](Cl)(Cl)[Si](Cl)(Cl)[Si](Cl)(Cl)Cl. The molecule has 1 unspecified atom stereocenters. The fourth-order valence-corrected chi connectivity index (χ4v) is 348. The fraction of sp³-hybridized carbons (Fsp3) is 0. The molecule has 158 valence electrons. The molecule has 0 aromatic heterocycles. The molecule has 0 fully saturated rings. The van der Waals surface area contributed by atoms with Crippen molar-refractivity contribution >= 4 is 243 Å². The molecular formula is H6Cl16Si10. The molecule has 0 amide bonds. The zero-order valence-electron chi connectivity index (χ0n) is 11.8. The van der Waals surface area contributed by atoms with E-state index in [4.69, 9.17) is 177 Å². The number of rotatable bonds is 8. The van der Waals surface area contributed by atoms with Crippen molar-refractivity contribution in [3.63, 3.8) is 0 Å². The van der Waals surface area contributed by atoms with E-state index in [0.717, 1.165) is 9.76 Å². The lowest BCUT2D eigenvalue weighted by molar-refractivity contribution is 3.13. The Kier molecular flexibility index (Phi) is 13.7. The first kappa shape index (κ1) is 32.8. The monoisotopic (exact) mass is 845 g/mol. The largest absolute Gasteiger partial charge is 0.358 e. The van der Waals surface area contributed by atoms with Crippen molar-refractivity contribution in [2.75, 3.05) is 0 Å². The molecule has 0 aliphatic carbocycles. The molecule has 0 aromatic rings. The highest BCUT2D eigenvalue weighted by Crippen LogP contribution is 2.60. The van der Waals surface area contributed by atoms with Crippen molar-refractivity contribution in [1.29, 1.82) is 0 Å². The Morgan fingerprint density at radius 2 is 0.769 bits per heavy atom. The maximum absolute atomic E-state index is 6.66. The molecule has 0 spiro atoms. The average Bonchev–Trinajstić information content (AvgIpc) is 2.43. The van der Waals surface area contributed by atoms with E-state index >= 15 is 0 Å². The second-order valence-electron chi connectivity index (χ2n) is 4.87. The summed E-state index contributed by atoms with van der Waals surface area (Å²) in [5, 5.41) is 0. The van der Waals surface area contributed by atoms with E-state index in [0.29, 0.717) is 0 Å². The van der Waals surface area contributed by atoms with Gasteiger partial charge in [-0.2, -0.15) is 11.1 Å². The smallest absolute Gasteiger partial charge is 0.177 e. The van der Waals surface area contributed by atoms with Crippen LogP contribution in [0.25, 0.3) is 0 Å². The van der Waals surface area contributed by atoms with Crippen molar-refractivity contribution in [3.8, 4) is 0 Å². The van der Waals surface area contributed by atoms with Crippen LogP contribution in [-0.4, -0.2) is 65.3 Å². The molecule has 0 aliphatic heterocycles. The van der Waals surface area contributed by atoms with E-state index in [2.05, 4.69) is 0 Å². The Hall–Kier alpha value is 6.81. The molecule has 0 saturated carbocycles. The summed E-state index contributed by atoms with van der Waals surface area (Å²) in [5.74, 6) is 0. The molecule has 0 nitrogen and oxygen atoms in total. The van der Waals surface area contributed by atoms with E-state index in [9.17, 15) is 0 Å². The molecule has 0 rings (SSSR count). The van der Waals surface area contributed by atoms with Crippen LogP contribution in [0.4, 0.5) is 0 Å². The zero-order chi connectivity index (χ0) is 21.8. The van der Waals surface area contributed by atoms with Crippen LogP contribution >= 0.6 is 177 Å². The summed E-state index contributed by atoms with van der Waals surface area (Å²) in [5.41, 5.74) is -27.6. The van der Waals surface area contributed by atoms with Crippen LogP contribution in [0.3, 0.4) is 0 Å². The molecule has 0 radical (unpaired) electrons. The van der Waals surface area contributed by atoms with E-state index in [1.807, 2.05) is 0 Å². The van der Waals surface area contributed by atoms with E-state index < -0.39 is 55.6 Å². The second kappa shape index (κ2) is 10.8. The number of hydrogen-bond donors (Lipinski definition) is 0. The summed E-state index contributed by atoms with van der Waals surface area (Å²) in [6.07, 6.45) is 0. The van der Waals surface area contributed by atoms with Crippen molar-refractivity contribution < 1.29 is 0 Å². The van der Waals surface area contributed by atoms with Gasteiger partial charge in [0.2, 0.25) is 0 Å². The second-order valence-corrected chi connectivity index (χ2v) is 131. The van der Waals surface area contributed by atoms with Gasteiger partial charge in [-0.15, -0.1) is 166 Å². The predicted octanol–water partition coefficient (Wildman–Crippen LogP) is 5.62. The van der Waals surface area contributed by atoms with Crippen LogP contribution in [0.5, 0.6) is 0 Å². The Labute approximate surface area is 238 Å². The van der Waals surface area contributed by atoms with Crippen molar-refractivity contribution in [2.24, 2.45) is 0 Å². The topological polar surface area (TPSA) is 0 Å². The van der Waals surface area contributed by atoms with Gasteiger partial charge in [-0.25, -0.2) is 0 Å². The lowest BCUT2D eigenvalue weighted by atomic mass is 26.0. The fourth-order valence-electron chi connectivity index (χ4n) is 1.43. The molecule has 1 atom stereocenters. The van der Waals surface area contributed by atoms with E-state index in [1.165, 1.54) is 0 Å². The first-order valence-corrected chi connectivity index (χ1v) is 53.6. The summed E-state index contributed by atoms with van der Waals surface area (Å²) in [4.78, 5) is 0. The highest BCUT2D eigenvalue weighted by atomic mass is 35.9. The minimum atomic E-state index is -4.19. The lowest BCUT2D eigenvalue weighted by Gasteiger charge is -2.46. The van der Waals surface area contributed by atoms with Gasteiger partial charge >= 0.3 is 11.2 Å². The third-order valence-corrected chi connectivity index (χ3v) is 251. The molecule has 0 bridgehead atoms. The lowest BCUT2D eigenvalue weighted by Crippen LogP contribution is -2.84. The van der Waals surface area contributed by atoms with Crippen LogP contribution in [0.15, 0.2) is 0 Å². The number of halogens is 16. The van der Waals surface area contributed by atoms with Crippen molar-refractivity contribution in [1.82, 2.24) is 0 Å². The van der Waals surface area contributed by atoms with E-state index in [-0.39, 0.29) is 0 Å². The molecule has 26 heavy (non-hydrogen) atoms. The molecular weight excluding hydrogens is 848 g/mol. The highest BCUT2D eigenvalue weighted by molar-refractivity contribution is 8.44. The third kappa shape index (κ3) is 5.78. The normalized spacial score (nSPS) is 18.0. The quantitative estimate of drug-likeness (QED) is 0.220. The highest BCUT2D eigenvalue weighted by Gasteiger charge is 2.87. The Morgan fingerprint density at radius 3 is 1.04 bits per heavy atom. The van der Waals surface area contributed by atoms with Gasteiger partial charge in [0.15, 0.2) is 0 Å². The molecule has 0 aromatic carbocycles. The first-order valence-electron chi connectivity index (χ1n) is 5.96. The van der Waals surface area contributed by atoms with Crippen molar-refractivity contribution in [3.05, 3.63) is 0 Å². The molecule has 0 aliphatic rings.